The molecule has 1 aliphatic heterocycles. The van der Waals surface area contributed by atoms with Crippen LogP contribution in [0.3, 0.4) is 0 Å². The molecule has 0 N–H and O–H groups in total. The zero-order chi connectivity index (χ0) is 18.0. The van der Waals surface area contributed by atoms with Crippen molar-refractivity contribution < 1.29 is 13.2 Å². The summed E-state index contributed by atoms with van der Waals surface area (Å²) in [6.45, 7) is 1.98. The number of hydrogen-bond acceptors (Lipinski definition) is 3. The largest absolute Gasteiger partial charge is 0.339 e. The van der Waals surface area contributed by atoms with Gasteiger partial charge in [-0.3, -0.25) is 4.79 Å². The van der Waals surface area contributed by atoms with Crippen LogP contribution >= 0.6 is 0 Å². The van der Waals surface area contributed by atoms with Gasteiger partial charge in [0.15, 0.2) is 0 Å². The molecule has 0 aliphatic carbocycles. The minimum atomic E-state index is -3.24. The molecule has 0 atom stereocenters. The Morgan fingerprint density at radius 3 is 2.52 bits per heavy atom. The van der Waals surface area contributed by atoms with Crippen LogP contribution < -0.4 is 0 Å². The molecule has 6 nitrogen and oxygen atoms in total. The van der Waals surface area contributed by atoms with E-state index in [2.05, 4.69) is 0 Å². The van der Waals surface area contributed by atoms with Crippen molar-refractivity contribution in [3.8, 4) is 0 Å². The molecule has 0 unspecified atom stereocenters. The van der Waals surface area contributed by atoms with Gasteiger partial charge in [0.2, 0.25) is 10.0 Å². The molecule has 0 saturated heterocycles. The highest BCUT2D eigenvalue weighted by Crippen LogP contribution is 2.20. The van der Waals surface area contributed by atoms with E-state index in [1.165, 1.54) is 10.6 Å². The van der Waals surface area contributed by atoms with Crippen LogP contribution in [0.25, 0.3) is 0 Å². The Kier molecular flexibility index (Phi) is 4.96. The number of fused-ring (bicyclic) bond motifs is 1. The molecule has 1 amide bonds. The average molecular weight is 361 g/mol. The maximum absolute atomic E-state index is 12.8. The smallest absolute Gasteiger partial charge is 0.270 e. The molecule has 2 heterocycles. The quantitative estimate of drug-likeness (QED) is 0.836. The van der Waals surface area contributed by atoms with E-state index in [-0.39, 0.29) is 5.91 Å². The first kappa shape index (κ1) is 17.7. The van der Waals surface area contributed by atoms with Crippen molar-refractivity contribution in [2.24, 2.45) is 0 Å². The summed E-state index contributed by atoms with van der Waals surface area (Å²) in [5, 5.41) is 0. The summed E-state index contributed by atoms with van der Waals surface area (Å²) < 4.78 is 27.1. The van der Waals surface area contributed by atoms with Crippen LogP contribution in [0, 0.1) is 0 Å². The second kappa shape index (κ2) is 7.01. The molecule has 0 spiro atoms. The van der Waals surface area contributed by atoms with Gasteiger partial charge in [0.25, 0.3) is 5.91 Å². The van der Waals surface area contributed by atoms with Crippen molar-refractivity contribution in [1.29, 1.82) is 0 Å². The van der Waals surface area contributed by atoms with E-state index in [9.17, 15) is 13.2 Å². The van der Waals surface area contributed by atoms with Crippen LogP contribution in [0.4, 0.5) is 0 Å². The molecule has 0 saturated carbocycles. The molecule has 134 valence electrons. The van der Waals surface area contributed by atoms with Gasteiger partial charge in [-0.1, -0.05) is 30.3 Å². The van der Waals surface area contributed by atoms with Gasteiger partial charge in [0, 0.05) is 32.4 Å². The number of amides is 1. The first-order valence-electron chi connectivity index (χ1n) is 8.29. The Bertz CT molecular complexity index is 859. The van der Waals surface area contributed by atoms with E-state index in [1.807, 2.05) is 41.0 Å². The molecular formula is C18H23N3O3S. The van der Waals surface area contributed by atoms with Crippen molar-refractivity contribution in [2.45, 2.75) is 26.1 Å². The van der Waals surface area contributed by atoms with Gasteiger partial charge in [-0.05, 0) is 24.1 Å². The zero-order valence-corrected chi connectivity index (χ0v) is 15.4. The van der Waals surface area contributed by atoms with Crippen molar-refractivity contribution in [3.63, 3.8) is 0 Å². The maximum Gasteiger partial charge on any atom is 0.270 e. The third-order valence-electron chi connectivity index (χ3n) is 4.50. The molecule has 7 heteroatoms. The second-order valence-corrected chi connectivity index (χ2v) is 8.44. The topological polar surface area (TPSA) is 62.6 Å². The van der Waals surface area contributed by atoms with Crippen LogP contribution in [0.15, 0.2) is 42.5 Å². The van der Waals surface area contributed by atoms with Crippen molar-refractivity contribution >= 4 is 15.9 Å². The van der Waals surface area contributed by atoms with Gasteiger partial charge in [0.05, 0.1) is 12.8 Å². The average Bonchev–Trinajstić information content (AvgIpc) is 2.83. The van der Waals surface area contributed by atoms with E-state index in [0.717, 1.165) is 11.3 Å². The third-order valence-corrected chi connectivity index (χ3v) is 5.75. The van der Waals surface area contributed by atoms with E-state index in [1.54, 1.807) is 18.0 Å². The first-order chi connectivity index (χ1) is 11.9. The Morgan fingerprint density at radius 2 is 1.84 bits per heavy atom. The molecule has 3 rings (SSSR count). The first-order valence-corrected chi connectivity index (χ1v) is 10.1. The van der Waals surface area contributed by atoms with Crippen LogP contribution in [0.1, 0.15) is 28.2 Å². The SMILES string of the molecule is CN(Cc1ccccc1)C(=O)c1ccc2n1CCCN(S(C)(=O)=O)C2. The highest BCUT2D eigenvalue weighted by Gasteiger charge is 2.25. The summed E-state index contributed by atoms with van der Waals surface area (Å²) in [4.78, 5) is 14.5. The summed E-state index contributed by atoms with van der Waals surface area (Å²) in [7, 11) is -1.45. The van der Waals surface area contributed by atoms with Crippen molar-refractivity contribution in [3.05, 3.63) is 59.4 Å². The fourth-order valence-corrected chi connectivity index (χ4v) is 4.00. The number of aromatic nitrogens is 1. The van der Waals surface area contributed by atoms with E-state index >= 15 is 0 Å². The lowest BCUT2D eigenvalue weighted by molar-refractivity contribution is 0.0774. The summed E-state index contributed by atoms with van der Waals surface area (Å²) in [6, 6.07) is 13.5. The minimum Gasteiger partial charge on any atom is -0.339 e. The van der Waals surface area contributed by atoms with E-state index in [0.29, 0.717) is 38.3 Å². The van der Waals surface area contributed by atoms with Gasteiger partial charge in [0.1, 0.15) is 5.69 Å². The molecule has 1 aromatic carbocycles. The van der Waals surface area contributed by atoms with Gasteiger partial charge >= 0.3 is 0 Å². The Hall–Kier alpha value is -2.12. The van der Waals surface area contributed by atoms with E-state index in [4.69, 9.17) is 0 Å². The lowest BCUT2D eigenvalue weighted by Gasteiger charge is -2.19. The van der Waals surface area contributed by atoms with Gasteiger partial charge < -0.3 is 9.47 Å². The van der Waals surface area contributed by atoms with Crippen molar-refractivity contribution in [1.82, 2.24) is 13.8 Å². The molecule has 2 aromatic rings. The molecule has 0 radical (unpaired) electrons. The van der Waals surface area contributed by atoms with Crippen molar-refractivity contribution in [2.75, 3.05) is 19.8 Å². The normalized spacial score (nSPS) is 15.4. The predicted octanol–water partition coefficient (Wildman–Crippen LogP) is 1.93. The number of carbonyl (C=O) groups excluding carboxylic acids is 1. The van der Waals surface area contributed by atoms with Crippen LogP contribution in [0.2, 0.25) is 0 Å². The number of rotatable bonds is 4. The summed E-state index contributed by atoms with van der Waals surface area (Å²) in [6.07, 6.45) is 1.92. The highest BCUT2D eigenvalue weighted by molar-refractivity contribution is 7.88. The maximum atomic E-state index is 12.8. The fraction of sp³-hybridized carbons (Fsp3) is 0.389. The standard InChI is InChI=1S/C18H23N3O3S/c1-19(13-15-7-4-3-5-8-15)18(22)17-10-9-16-14-20(25(2,23)24)11-6-12-21(16)17/h3-5,7-10H,6,11-14H2,1-2H3. The number of carbonyl (C=O) groups is 1. The number of sulfonamides is 1. The highest BCUT2D eigenvalue weighted by atomic mass is 32.2. The van der Waals surface area contributed by atoms with Gasteiger partial charge in [-0.2, -0.15) is 4.31 Å². The third kappa shape index (κ3) is 3.93. The lowest BCUT2D eigenvalue weighted by atomic mass is 10.2. The summed E-state index contributed by atoms with van der Waals surface area (Å²) >= 11 is 0. The minimum absolute atomic E-state index is 0.0529. The molecule has 25 heavy (non-hydrogen) atoms. The molecule has 0 bridgehead atoms. The number of benzene rings is 1. The molecule has 0 fully saturated rings. The van der Waals surface area contributed by atoms with Crippen LogP contribution in [-0.2, 0) is 29.7 Å². The zero-order valence-electron chi connectivity index (χ0n) is 14.6. The Labute approximate surface area is 148 Å². The Balaban J connectivity index is 1.80. The summed E-state index contributed by atoms with van der Waals surface area (Å²) in [5.41, 5.74) is 2.55. The molecular weight excluding hydrogens is 338 g/mol. The summed E-state index contributed by atoms with van der Waals surface area (Å²) in [5.74, 6) is -0.0529. The lowest BCUT2D eigenvalue weighted by Crippen LogP contribution is -2.29. The predicted molar refractivity (Wildman–Crippen MR) is 96.5 cm³/mol. The second-order valence-electron chi connectivity index (χ2n) is 6.46. The Morgan fingerprint density at radius 1 is 1.12 bits per heavy atom. The number of hydrogen-bond donors (Lipinski definition) is 0. The fourth-order valence-electron chi connectivity index (χ4n) is 3.17. The number of nitrogens with zero attached hydrogens (tertiary/aromatic N) is 3. The van der Waals surface area contributed by atoms with E-state index < -0.39 is 10.0 Å². The monoisotopic (exact) mass is 361 g/mol. The van der Waals surface area contributed by atoms with Crippen LogP contribution in [-0.4, -0.2) is 47.9 Å². The van der Waals surface area contributed by atoms with Gasteiger partial charge in [-0.25, -0.2) is 8.42 Å². The van der Waals surface area contributed by atoms with Crippen LogP contribution in [0.5, 0.6) is 0 Å². The molecule has 1 aliphatic rings. The van der Waals surface area contributed by atoms with Gasteiger partial charge in [-0.15, -0.1) is 0 Å². The molecule has 1 aromatic heterocycles.